The SMILES string of the molecule is Cc1c(C)c2c(c(C)c1OCc1cc(C(F)(F)F)on1)CCC(C)(CCCC(C)CCCC(C)CCCC(C)C)O2. The van der Waals surface area contributed by atoms with Crippen LogP contribution in [-0.4, -0.2) is 10.8 Å². The van der Waals surface area contributed by atoms with E-state index in [1.807, 2.05) is 20.8 Å². The highest BCUT2D eigenvalue weighted by Gasteiger charge is 2.37. The highest BCUT2D eigenvalue weighted by molar-refractivity contribution is 5.59. The summed E-state index contributed by atoms with van der Waals surface area (Å²) in [4.78, 5) is 0. The average molecular weight is 580 g/mol. The molecule has 232 valence electrons. The van der Waals surface area contributed by atoms with Gasteiger partial charge in [0.2, 0.25) is 5.76 Å². The van der Waals surface area contributed by atoms with Crippen LogP contribution in [0, 0.1) is 38.5 Å². The predicted molar refractivity (Wildman–Crippen MR) is 159 cm³/mol. The normalized spacial score (nSPS) is 18.7. The molecule has 0 saturated carbocycles. The number of halogens is 3. The molecule has 1 aliphatic heterocycles. The van der Waals surface area contributed by atoms with Crippen LogP contribution >= 0.6 is 0 Å². The molecule has 7 heteroatoms. The topological polar surface area (TPSA) is 44.5 Å². The molecule has 3 rings (SSSR count). The van der Waals surface area contributed by atoms with Gasteiger partial charge < -0.3 is 14.0 Å². The maximum absolute atomic E-state index is 12.9. The Labute approximate surface area is 245 Å². The molecule has 0 N–H and O–H groups in total. The molecule has 0 saturated heterocycles. The zero-order chi connectivity index (χ0) is 30.4. The van der Waals surface area contributed by atoms with E-state index in [0.717, 1.165) is 77.5 Å². The van der Waals surface area contributed by atoms with Gasteiger partial charge in [-0.25, -0.2) is 0 Å². The molecule has 0 radical (unpaired) electrons. The van der Waals surface area contributed by atoms with Crippen molar-refractivity contribution in [3.8, 4) is 11.5 Å². The zero-order valence-electron chi connectivity index (χ0n) is 26.6. The van der Waals surface area contributed by atoms with E-state index in [1.54, 1.807) is 0 Å². The molecular formula is C34H52F3NO3. The Morgan fingerprint density at radius 2 is 1.51 bits per heavy atom. The lowest BCUT2D eigenvalue weighted by molar-refractivity contribution is -0.155. The lowest BCUT2D eigenvalue weighted by Crippen LogP contribution is -2.37. The van der Waals surface area contributed by atoms with Gasteiger partial charge in [0.25, 0.3) is 0 Å². The predicted octanol–water partition coefficient (Wildman–Crippen LogP) is 10.7. The molecule has 0 aliphatic carbocycles. The number of fused-ring (bicyclic) bond motifs is 1. The van der Waals surface area contributed by atoms with E-state index >= 15 is 0 Å². The van der Waals surface area contributed by atoms with E-state index in [-0.39, 0.29) is 17.9 Å². The van der Waals surface area contributed by atoms with Crippen LogP contribution in [0.1, 0.15) is 133 Å². The van der Waals surface area contributed by atoms with Crippen molar-refractivity contribution in [3.63, 3.8) is 0 Å². The molecule has 3 unspecified atom stereocenters. The minimum Gasteiger partial charge on any atom is -0.487 e. The lowest BCUT2D eigenvalue weighted by Gasteiger charge is -2.38. The number of ether oxygens (including phenoxy) is 2. The third kappa shape index (κ3) is 9.41. The van der Waals surface area contributed by atoms with Crippen LogP contribution in [0.15, 0.2) is 10.6 Å². The van der Waals surface area contributed by atoms with Crippen molar-refractivity contribution >= 4 is 0 Å². The average Bonchev–Trinajstić information content (AvgIpc) is 3.37. The lowest BCUT2D eigenvalue weighted by atomic mass is 9.83. The van der Waals surface area contributed by atoms with Gasteiger partial charge in [0.1, 0.15) is 29.4 Å². The monoisotopic (exact) mass is 579 g/mol. The summed E-state index contributed by atoms with van der Waals surface area (Å²) in [7, 11) is 0. The highest BCUT2D eigenvalue weighted by atomic mass is 19.4. The molecule has 1 aromatic heterocycles. The van der Waals surface area contributed by atoms with Crippen LogP contribution in [0.4, 0.5) is 13.2 Å². The Kier molecular flexibility index (Phi) is 11.6. The van der Waals surface area contributed by atoms with Crippen LogP contribution < -0.4 is 9.47 Å². The number of rotatable bonds is 15. The second-order valence-corrected chi connectivity index (χ2v) is 13.4. The first-order valence-electron chi connectivity index (χ1n) is 15.7. The van der Waals surface area contributed by atoms with Gasteiger partial charge in [-0.15, -0.1) is 0 Å². The summed E-state index contributed by atoms with van der Waals surface area (Å²) in [6.45, 7) is 17.6. The molecule has 2 aromatic rings. The van der Waals surface area contributed by atoms with Crippen molar-refractivity contribution in [1.82, 2.24) is 5.16 Å². The number of benzene rings is 1. The minimum atomic E-state index is -4.56. The number of alkyl halides is 3. The first-order valence-corrected chi connectivity index (χ1v) is 15.7. The maximum atomic E-state index is 12.9. The van der Waals surface area contributed by atoms with E-state index < -0.39 is 11.9 Å². The fourth-order valence-electron chi connectivity index (χ4n) is 6.14. The fourth-order valence-corrected chi connectivity index (χ4v) is 6.14. The molecular weight excluding hydrogens is 527 g/mol. The van der Waals surface area contributed by atoms with Crippen molar-refractivity contribution in [1.29, 1.82) is 0 Å². The van der Waals surface area contributed by atoms with Crippen molar-refractivity contribution < 1.29 is 27.2 Å². The largest absolute Gasteiger partial charge is 0.487 e. The second kappa shape index (κ2) is 14.3. The van der Waals surface area contributed by atoms with Gasteiger partial charge in [-0.2, -0.15) is 13.2 Å². The molecule has 0 bridgehead atoms. The van der Waals surface area contributed by atoms with Crippen molar-refractivity contribution in [2.24, 2.45) is 17.8 Å². The van der Waals surface area contributed by atoms with Gasteiger partial charge in [-0.3, -0.25) is 0 Å². The molecule has 41 heavy (non-hydrogen) atoms. The van der Waals surface area contributed by atoms with E-state index in [9.17, 15) is 13.2 Å². The second-order valence-electron chi connectivity index (χ2n) is 13.4. The van der Waals surface area contributed by atoms with Crippen LogP contribution in [0.3, 0.4) is 0 Å². The van der Waals surface area contributed by atoms with Gasteiger partial charge in [0, 0.05) is 11.6 Å². The summed E-state index contributed by atoms with van der Waals surface area (Å²) >= 11 is 0. The zero-order valence-corrected chi connectivity index (χ0v) is 26.6. The Balaban J connectivity index is 1.51. The minimum absolute atomic E-state index is 0.0900. The molecule has 0 fully saturated rings. The first kappa shape index (κ1) is 33.3. The Morgan fingerprint density at radius 3 is 2.10 bits per heavy atom. The molecule has 0 amide bonds. The molecule has 1 aliphatic rings. The summed E-state index contributed by atoms with van der Waals surface area (Å²) in [6, 6.07) is 0.890. The number of nitrogens with zero attached hydrogens (tertiary/aromatic N) is 1. The maximum Gasteiger partial charge on any atom is 0.452 e. The van der Waals surface area contributed by atoms with Crippen LogP contribution in [0.5, 0.6) is 11.5 Å². The van der Waals surface area contributed by atoms with Crippen molar-refractivity contribution in [2.75, 3.05) is 0 Å². The molecule has 0 spiro atoms. The molecule has 4 nitrogen and oxygen atoms in total. The number of hydrogen-bond donors (Lipinski definition) is 0. The Hall–Kier alpha value is -2.18. The van der Waals surface area contributed by atoms with Crippen LogP contribution in [0.25, 0.3) is 0 Å². The Bertz CT molecular complexity index is 1120. The van der Waals surface area contributed by atoms with Gasteiger partial charge in [0.05, 0.1) is 0 Å². The third-order valence-electron chi connectivity index (χ3n) is 9.04. The summed E-state index contributed by atoms with van der Waals surface area (Å²) in [5.41, 5.74) is 4.00. The quantitative estimate of drug-likeness (QED) is 0.210. The Morgan fingerprint density at radius 1 is 0.902 bits per heavy atom. The first-order chi connectivity index (χ1) is 19.2. The van der Waals surface area contributed by atoms with Gasteiger partial charge in [0.15, 0.2) is 0 Å². The van der Waals surface area contributed by atoms with E-state index in [2.05, 4.69) is 44.3 Å². The molecule has 1 aromatic carbocycles. The summed E-state index contributed by atoms with van der Waals surface area (Å²) < 4.78 is 55.7. The molecule has 2 heterocycles. The summed E-state index contributed by atoms with van der Waals surface area (Å²) in [5, 5.41) is 3.52. The van der Waals surface area contributed by atoms with E-state index in [4.69, 9.17) is 9.47 Å². The van der Waals surface area contributed by atoms with Crippen LogP contribution in [-0.2, 0) is 19.2 Å². The summed E-state index contributed by atoms with van der Waals surface area (Å²) in [6.07, 6.45) is 8.73. The van der Waals surface area contributed by atoms with Gasteiger partial charge in [-0.1, -0.05) is 77.8 Å². The van der Waals surface area contributed by atoms with Gasteiger partial charge in [-0.05, 0) is 87.8 Å². The van der Waals surface area contributed by atoms with E-state index in [1.165, 1.54) is 44.9 Å². The number of hydrogen-bond acceptors (Lipinski definition) is 4. The summed E-state index contributed by atoms with van der Waals surface area (Å²) in [5.74, 6) is 2.90. The van der Waals surface area contributed by atoms with Crippen molar-refractivity contribution in [2.45, 2.75) is 144 Å². The third-order valence-corrected chi connectivity index (χ3v) is 9.04. The van der Waals surface area contributed by atoms with E-state index in [0.29, 0.717) is 5.75 Å². The smallest absolute Gasteiger partial charge is 0.452 e. The molecule has 3 atom stereocenters. The van der Waals surface area contributed by atoms with Gasteiger partial charge >= 0.3 is 6.18 Å². The van der Waals surface area contributed by atoms with Crippen molar-refractivity contribution in [3.05, 3.63) is 39.8 Å². The standard InChI is InChI=1S/C34H52F3NO3/c1-22(2)12-9-13-23(3)14-10-15-24(4)16-11-18-33(8)19-17-29-27(7)31(25(5)26(6)32(29)40-33)39-21-28-20-30(41-38-28)34(35,36)37/h20,22-24H,9-19,21H2,1-8H3. The highest BCUT2D eigenvalue weighted by Crippen LogP contribution is 2.45. The fraction of sp³-hybridized carbons (Fsp3) is 0.735. The number of aromatic nitrogens is 1. The van der Waals surface area contributed by atoms with Crippen LogP contribution in [0.2, 0.25) is 0 Å².